The predicted molar refractivity (Wildman–Crippen MR) is 74.4 cm³/mol. The smallest absolute Gasteiger partial charge is 0.250 e. The Balaban J connectivity index is 2.02. The number of aliphatic hydroxyl groups is 1. The van der Waals surface area contributed by atoms with Crippen LogP contribution >= 0.6 is 11.6 Å². The first-order valence-electron chi connectivity index (χ1n) is 5.83. The Labute approximate surface area is 120 Å². The Hall–Kier alpha value is -2.12. The van der Waals surface area contributed by atoms with Gasteiger partial charge in [0.15, 0.2) is 0 Å². The number of hydrogen-bond donors (Lipinski definition) is 3. The SMILES string of the molecule is Cn1cc(C(O)CNc2ncc(C(N)=O)cc2Cl)cn1. The summed E-state index contributed by atoms with van der Waals surface area (Å²) in [5.41, 5.74) is 6.04. The quantitative estimate of drug-likeness (QED) is 0.753. The Kier molecular flexibility index (Phi) is 4.21. The van der Waals surface area contributed by atoms with E-state index in [1.807, 2.05) is 0 Å². The van der Waals surface area contributed by atoms with Crippen molar-refractivity contribution >= 4 is 23.3 Å². The largest absolute Gasteiger partial charge is 0.386 e. The maximum atomic E-state index is 11.0. The number of nitrogens with zero attached hydrogens (tertiary/aromatic N) is 3. The number of amides is 1. The van der Waals surface area contributed by atoms with E-state index in [0.717, 1.165) is 0 Å². The molecule has 0 radical (unpaired) electrons. The molecule has 0 aliphatic heterocycles. The molecule has 0 aromatic carbocycles. The maximum absolute atomic E-state index is 11.0. The summed E-state index contributed by atoms with van der Waals surface area (Å²) < 4.78 is 1.60. The van der Waals surface area contributed by atoms with E-state index < -0.39 is 12.0 Å². The number of hydrogen-bond acceptors (Lipinski definition) is 5. The number of nitrogens with one attached hydrogen (secondary N) is 1. The molecule has 0 saturated carbocycles. The summed E-state index contributed by atoms with van der Waals surface area (Å²) >= 11 is 5.98. The van der Waals surface area contributed by atoms with Gasteiger partial charge < -0.3 is 16.2 Å². The standard InChI is InChI=1S/C12H14ClN5O2/c1-18-6-8(4-17-18)10(19)5-16-12-9(13)2-7(3-15-12)11(14)20/h2-4,6,10,19H,5H2,1H3,(H2,14,20)(H,15,16). The fraction of sp³-hybridized carbons (Fsp3) is 0.250. The van der Waals surface area contributed by atoms with Gasteiger partial charge in [-0.25, -0.2) is 4.98 Å². The molecule has 2 heterocycles. The molecule has 0 saturated heterocycles. The molecule has 2 rings (SSSR count). The van der Waals surface area contributed by atoms with Gasteiger partial charge in [0.25, 0.3) is 0 Å². The number of aryl methyl sites for hydroxylation is 1. The van der Waals surface area contributed by atoms with Crippen molar-refractivity contribution in [3.8, 4) is 0 Å². The number of nitrogens with two attached hydrogens (primary N) is 1. The molecular formula is C12H14ClN5O2. The third kappa shape index (κ3) is 3.25. The molecule has 0 spiro atoms. The average Bonchev–Trinajstić information content (AvgIpc) is 2.83. The van der Waals surface area contributed by atoms with Crippen LogP contribution in [0, 0.1) is 0 Å². The molecule has 4 N–H and O–H groups in total. The van der Waals surface area contributed by atoms with Gasteiger partial charge >= 0.3 is 0 Å². The summed E-state index contributed by atoms with van der Waals surface area (Å²) in [6.45, 7) is 0.217. The Morgan fingerprint density at radius 2 is 2.35 bits per heavy atom. The Morgan fingerprint density at radius 3 is 2.90 bits per heavy atom. The van der Waals surface area contributed by atoms with Crippen molar-refractivity contribution in [2.45, 2.75) is 6.10 Å². The van der Waals surface area contributed by atoms with Gasteiger partial charge in [0.1, 0.15) is 5.82 Å². The number of primary amides is 1. The van der Waals surface area contributed by atoms with Crippen molar-refractivity contribution in [2.24, 2.45) is 12.8 Å². The van der Waals surface area contributed by atoms with E-state index >= 15 is 0 Å². The van der Waals surface area contributed by atoms with E-state index in [9.17, 15) is 9.90 Å². The number of anilines is 1. The van der Waals surface area contributed by atoms with Gasteiger partial charge in [-0.3, -0.25) is 9.48 Å². The number of rotatable bonds is 5. The molecule has 0 bridgehead atoms. The fourth-order valence-corrected chi connectivity index (χ4v) is 1.86. The predicted octanol–water partition coefficient (Wildman–Crippen LogP) is 0.713. The molecular weight excluding hydrogens is 282 g/mol. The highest BCUT2D eigenvalue weighted by Crippen LogP contribution is 2.21. The summed E-state index contributed by atoms with van der Waals surface area (Å²) in [5, 5.41) is 17.1. The van der Waals surface area contributed by atoms with Crippen LogP contribution in [0.5, 0.6) is 0 Å². The molecule has 2 aromatic rings. The Morgan fingerprint density at radius 1 is 1.60 bits per heavy atom. The number of carbonyl (C=O) groups excluding carboxylic acids is 1. The topological polar surface area (TPSA) is 106 Å². The van der Waals surface area contributed by atoms with Crippen LogP contribution < -0.4 is 11.1 Å². The van der Waals surface area contributed by atoms with Crippen LogP contribution in [-0.4, -0.2) is 32.3 Å². The van der Waals surface area contributed by atoms with E-state index in [2.05, 4.69) is 15.4 Å². The van der Waals surface area contributed by atoms with Crippen molar-refractivity contribution in [3.05, 3.63) is 40.8 Å². The lowest BCUT2D eigenvalue weighted by Gasteiger charge is -2.12. The third-order valence-corrected chi connectivity index (χ3v) is 2.99. The van der Waals surface area contributed by atoms with Crippen molar-refractivity contribution in [1.29, 1.82) is 0 Å². The third-order valence-electron chi connectivity index (χ3n) is 2.70. The van der Waals surface area contributed by atoms with Gasteiger partial charge in [-0.2, -0.15) is 5.10 Å². The summed E-state index contributed by atoms with van der Waals surface area (Å²) in [4.78, 5) is 15.0. The molecule has 20 heavy (non-hydrogen) atoms. The molecule has 106 valence electrons. The maximum Gasteiger partial charge on any atom is 0.250 e. The first kappa shape index (κ1) is 14.3. The normalized spacial score (nSPS) is 12.2. The van der Waals surface area contributed by atoms with E-state index in [0.29, 0.717) is 11.4 Å². The molecule has 7 nitrogen and oxygen atoms in total. The second-order valence-electron chi connectivity index (χ2n) is 4.26. The highest BCUT2D eigenvalue weighted by Gasteiger charge is 2.12. The van der Waals surface area contributed by atoms with Crippen LogP contribution in [0.4, 0.5) is 5.82 Å². The number of carbonyl (C=O) groups is 1. The minimum atomic E-state index is -0.739. The summed E-state index contributed by atoms with van der Waals surface area (Å²) in [6.07, 6.45) is 3.89. The second-order valence-corrected chi connectivity index (χ2v) is 4.67. The summed E-state index contributed by atoms with van der Waals surface area (Å²) in [7, 11) is 1.77. The van der Waals surface area contributed by atoms with Gasteiger partial charge in [-0.1, -0.05) is 11.6 Å². The van der Waals surface area contributed by atoms with Crippen molar-refractivity contribution in [1.82, 2.24) is 14.8 Å². The van der Waals surface area contributed by atoms with E-state index in [1.54, 1.807) is 24.1 Å². The highest BCUT2D eigenvalue weighted by atomic mass is 35.5. The van der Waals surface area contributed by atoms with Crippen molar-refractivity contribution in [3.63, 3.8) is 0 Å². The van der Waals surface area contributed by atoms with Gasteiger partial charge in [0, 0.05) is 31.5 Å². The molecule has 2 aromatic heterocycles. The zero-order valence-electron chi connectivity index (χ0n) is 10.7. The Bertz CT molecular complexity index is 628. The molecule has 1 amide bonds. The summed E-state index contributed by atoms with van der Waals surface area (Å²) in [5.74, 6) is -0.221. The van der Waals surface area contributed by atoms with Gasteiger partial charge in [0.05, 0.1) is 22.9 Å². The van der Waals surface area contributed by atoms with E-state index in [-0.39, 0.29) is 17.1 Å². The van der Waals surface area contributed by atoms with Gasteiger partial charge in [0.2, 0.25) is 5.91 Å². The lowest BCUT2D eigenvalue weighted by Crippen LogP contribution is -2.15. The molecule has 8 heteroatoms. The van der Waals surface area contributed by atoms with Crippen LogP contribution in [-0.2, 0) is 7.05 Å². The molecule has 0 fully saturated rings. The molecule has 1 atom stereocenters. The average molecular weight is 296 g/mol. The highest BCUT2D eigenvalue weighted by molar-refractivity contribution is 6.33. The lowest BCUT2D eigenvalue weighted by molar-refractivity contribution is 0.1000. The molecule has 0 aliphatic carbocycles. The first-order chi connectivity index (χ1) is 9.47. The van der Waals surface area contributed by atoms with Crippen LogP contribution in [0.25, 0.3) is 0 Å². The fourth-order valence-electron chi connectivity index (χ4n) is 1.63. The number of aliphatic hydroxyl groups excluding tert-OH is 1. The second kappa shape index (κ2) is 5.89. The molecule has 0 aliphatic rings. The van der Waals surface area contributed by atoms with Gasteiger partial charge in [-0.15, -0.1) is 0 Å². The number of halogens is 1. The summed E-state index contributed by atoms with van der Waals surface area (Å²) in [6, 6.07) is 1.43. The van der Waals surface area contributed by atoms with Crippen LogP contribution in [0.3, 0.4) is 0 Å². The van der Waals surface area contributed by atoms with Gasteiger partial charge in [-0.05, 0) is 6.07 Å². The number of pyridine rings is 1. The van der Waals surface area contributed by atoms with E-state index in [1.165, 1.54) is 12.3 Å². The lowest BCUT2D eigenvalue weighted by atomic mass is 10.2. The van der Waals surface area contributed by atoms with Crippen LogP contribution in [0.15, 0.2) is 24.7 Å². The monoisotopic (exact) mass is 295 g/mol. The van der Waals surface area contributed by atoms with E-state index in [4.69, 9.17) is 17.3 Å². The van der Waals surface area contributed by atoms with Crippen LogP contribution in [0.2, 0.25) is 5.02 Å². The number of aromatic nitrogens is 3. The zero-order chi connectivity index (χ0) is 14.7. The first-order valence-corrected chi connectivity index (χ1v) is 6.21. The van der Waals surface area contributed by atoms with Crippen molar-refractivity contribution in [2.75, 3.05) is 11.9 Å². The van der Waals surface area contributed by atoms with Crippen LogP contribution in [0.1, 0.15) is 22.0 Å². The molecule has 1 unspecified atom stereocenters. The minimum absolute atomic E-state index is 0.217. The van der Waals surface area contributed by atoms with Crippen molar-refractivity contribution < 1.29 is 9.90 Å². The minimum Gasteiger partial charge on any atom is -0.386 e. The zero-order valence-corrected chi connectivity index (χ0v) is 11.5.